The Kier molecular flexibility index (Phi) is 4.82. The number of hydrogen-bond donors (Lipinski definition) is 1. The summed E-state index contributed by atoms with van der Waals surface area (Å²) in [7, 11) is 0. The summed E-state index contributed by atoms with van der Waals surface area (Å²) >= 11 is 0. The number of carboxylic acids is 1. The van der Waals surface area contributed by atoms with E-state index in [1.807, 2.05) is 42.7 Å². The molecule has 3 rings (SSSR count). The minimum atomic E-state index is -0.899. The number of aromatic carboxylic acids is 1. The Balaban J connectivity index is 1.66. The van der Waals surface area contributed by atoms with Crippen molar-refractivity contribution in [2.75, 3.05) is 0 Å². The van der Waals surface area contributed by atoms with Crippen LogP contribution in [-0.2, 0) is 6.54 Å². The highest BCUT2D eigenvalue weighted by Gasteiger charge is 2.05. The van der Waals surface area contributed by atoms with E-state index < -0.39 is 5.97 Å². The molecular formula is C21H18NO2+. The van der Waals surface area contributed by atoms with E-state index in [4.69, 9.17) is 5.11 Å². The minimum absolute atomic E-state index is 0.310. The van der Waals surface area contributed by atoms with Crippen LogP contribution in [0.25, 0.3) is 12.2 Å². The fraction of sp³-hybridized carbons (Fsp3) is 0.0476. The summed E-state index contributed by atoms with van der Waals surface area (Å²) in [5.74, 6) is -0.899. The van der Waals surface area contributed by atoms with Crippen molar-refractivity contribution in [2.45, 2.75) is 6.54 Å². The van der Waals surface area contributed by atoms with Crippen molar-refractivity contribution in [3.8, 4) is 0 Å². The number of benzene rings is 2. The van der Waals surface area contributed by atoms with Crippen LogP contribution in [0, 0.1) is 0 Å². The van der Waals surface area contributed by atoms with Gasteiger partial charge in [0.1, 0.15) is 0 Å². The second kappa shape index (κ2) is 7.38. The van der Waals surface area contributed by atoms with Crippen molar-refractivity contribution < 1.29 is 14.5 Å². The SMILES string of the molecule is O=C(O)c1ccc(C[n+]2ccc(/C=C\c3ccccc3)cc2)cc1. The van der Waals surface area contributed by atoms with Crippen LogP contribution in [0.15, 0.2) is 79.1 Å². The molecule has 2 aromatic carbocycles. The van der Waals surface area contributed by atoms with Gasteiger partial charge in [0.15, 0.2) is 18.9 Å². The molecule has 0 bridgehead atoms. The lowest BCUT2D eigenvalue weighted by atomic mass is 10.1. The number of hydrogen-bond acceptors (Lipinski definition) is 1. The molecule has 0 saturated carbocycles. The van der Waals surface area contributed by atoms with Crippen LogP contribution in [0.1, 0.15) is 27.0 Å². The highest BCUT2D eigenvalue weighted by molar-refractivity contribution is 5.87. The standard InChI is InChI=1S/C21H17NO2/c23-21(24)20-10-8-19(9-11-20)16-22-14-12-18(13-15-22)7-6-17-4-2-1-3-5-17/h1-15H,16H2/p+1/b7-6-. The first kappa shape index (κ1) is 15.7. The van der Waals surface area contributed by atoms with E-state index in [1.165, 1.54) is 5.56 Å². The summed E-state index contributed by atoms with van der Waals surface area (Å²) in [4.78, 5) is 10.9. The summed E-state index contributed by atoms with van der Waals surface area (Å²) in [5.41, 5.74) is 3.69. The third-order valence-corrected chi connectivity index (χ3v) is 3.75. The molecule has 118 valence electrons. The molecule has 0 atom stereocenters. The molecule has 24 heavy (non-hydrogen) atoms. The van der Waals surface area contributed by atoms with E-state index in [2.05, 4.69) is 41.0 Å². The molecule has 1 heterocycles. The Bertz CT molecular complexity index is 835. The van der Waals surface area contributed by atoms with Crippen LogP contribution in [0.4, 0.5) is 0 Å². The van der Waals surface area contributed by atoms with Crippen LogP contribution < -0.4 is 4.57 Å². The summed E-state index contributed by atoms with van der Waals surface area (Å²) < 4.78 is 2.07. The zero-order valence-electron chi connectivity index (χ0n) is 13.2. The normalized spacial score (nSPS) is 10.8. The van der Waals surface area contributed by atoms with Gasteiger partial charge in [0.2, 0.25) is 0 Å². The van der Waals surface area contributed by atoms with Gasteiger partial charge in [-0.05, 0) is 23.3 Å². The maximum Gasteiger partial charge on any atom is 0.335 e. The van der Waals surface area contributed by atoms with Crippen LogP contribution in [0.5, 0.6) is 0 Å². The molecule has 0 aliphatic rings. The molecule has 0 unspecified atom stereocenters. The quantitative estimate of drug-likeness (QED) is 0.726. The lowest BCUT2D eigenvalue weighted by Gasteiger charge is -2.00. The largest absolute Gasteiger partial charge is 0.478 e. The first-order valence-corrected chi connectivity index (χ1v) is 7.75. The predicted molar refractivity (Wildman–Crippen MR) is 94.5 cm³/mol. The van der Waals surface area contributed by atoms with Crippen molar-refractivity contribution in [2.24, 2.45) is 0 Å². The van der Waals surface area contributed by atoms with E-state index >= 15 is 0 Å². The van der Waals surface area contributed by atoms with Crippen molar-refractivity contribution in [1.82, 2.24) is 0 Å². The third kappa shape index (κ3) is 4.17. The van der Waals surface area contributed by atoms with Gasteiger partial charge in [0, 0.05) is 17.7 Å². The molecule has 0 aliphatic carbocycles. The highest BCUT2D eigenvalue weighted by Crippen LogP contribution is 2.07. The van der Waals surface area contributed by atoms with Gasteiger partial charge in [-0.15, -0.1) is 0 Å². The average molecular weight is 316 g/mol. The van der Waals surface area contributed by atoms with Crippen LogP contribution >= 0.6 is 0 Å². The Hall–Kier alpha value is -3.20. The summed E-state index contributed by atoms with van der Waals surface area (Å²) in [6.45, 7) is 0.711. The molecule has 0 radical (unpaired) electrons. The van der Waals surface area contributed by atoms with E-state index in [-0.39, 0.29) is 0 Å². The summed E-state index contributed by atoms with van der Waals surface area (Å²) in [5, 5.41) is 8.92. The van der Waals surface area contributed by atoms with Gasteiger partial charge < -0.3 is 5.11 Å². The Morgan fingerprint density at radius 1 is 0.833 bits per heavy atom. The van der Waals surface area contributed by atoms with Gasteiger partial charge in [0.05, 0.1) is 5.56 Å². The van der Waals surface area contributed by atoms with E-state index in [0.717, 1.165) is 11.1 Å². The van der Waals surface area contributed by atoms with Gasteiger partial charge in [-0.3, -0.25) is 0 Å². The maximum absolute atomic E-state index is 10.9. The third-order valence-electron chi connectivity index (χ3n) is 3.75. The average Bonchev–Trinajstić information content (AvgIpc) is 2.62. The smallest absolute Gasteiger partial charge is 0.335 e. The van der Waals surface area contributed by atoms with Gasteiger partial charge in [0.25, 0.3) is 0 Å². The molecular weight excluding hydrogens is 298 g/mol. The molecule has 3 aromatic rings. The number of pyridine rings is 1. The van der Waals surface area contributed by atoms with Crippen molar-refractivity contribution in [3.05, 3.63) is 101 Å². The fourth-order valence-corrected chi connectivity index (χ4v) is 2.41. The Morgan fingerprint density at radius 3 is 2.00 bits per heavy atom. The van der Waals surface area contributed by atoms with Crippen molar-refractivity contribution in [3.63, 3.8) is 0 Å². The van der Waals surface area contributed by atoms with Crippen molar-refractivity contribution >= 4 is 18.1 Å². The molecule has 1 N–H and O–H groups in total. The Morgan fingerprint density at radius 2 is 1.42 bits per heavy atom. The zero-order chi connectivity index (χ0) is 16.8. The molecule has 3 nitrogen and oxygen atoms in total. The first-order chi connectivity index (χ1) is 11.7. The molecule has 0 spiro atoms. The molecule has 1 aromatic heterocycles. The number of carbonyl (C=O) groups is 1. The topological polar surface area (TPSA) is 41.2 Å². The summed E-state index contributed by atoms with van der Waals surface area (Å²) in [6, 6.07) is 21.3. The highest BCUT2D eigenvalue weighted by atomic mass is 16.4. The zero-order valence-corrected chi connectivity index (χ0v) is 13.2. The number of rotatable bonds is 5. The summed E-state index contributed by atoms with van der Waals surface area (Å²) in [6.07, 6.45) is 8.22. The van der Waals surface area contributed by atoms with Crippen LogP contribution in [-0.4, -0.2) is 11.1 Å². The number of aromatic nitrogens is 1. The Labute approximate surface area is 141 Å². The second-order valence-electron chi connectivity index (χ2n) is 5.55. The molecule has 0 amide bonds. The van der Waals surface area contributed by atoms with E-state index in [9.17, 15) is 4.79 Å². The molecule has 0 saturated heterocycles. The first-order valence-electron chi connectivity index (χ1n) is 7.75. The minimum Gasteiger partial charge on any atom is -0.478 e. The van der Waals surface area contributed by atoms with Crippen molar-refractivity contribution in [1.29, 1.82) is 0 Å². The number of nitrogens with zero attached hydrogens (tertiary/aromatic N) is 1. The monoisotopic (exact) mass is 316 g/mol. The van der Waals surface area contributed by atoms with Crippen LogP contribution in [0.3, 0.4) is 0 Å². The van der Waals surface area contributed by atoms with E-state index in [0.29, 0.717) is 12.1 Å². The lowest BCUT2D eigenvalue weighted by Crippen LogP contribution is -2.33. The van der Waals surface area contributed by atoms with Crippen LogP contribution in [0.2, 0.25) is 0 Å². The van der Waals surface area contributed by atoms with Gasteiger partial charge in [-0.2, -0.15) is 0 Å². The lowest BCUT2D eigenvalue weighted by molar-refractivity contribution is -0.688. The number of carboxylic acid groups (broad SMARTS) is 1. The fourth-order valence-electron chi connectivity index (χ4n) is 2.41. The van der Waals surface area contributed by atoms with Gasteiger partial charge in [-0.25, -0.2) is 9.36 Å². The maximum atomic E-state index is 10.9. The van der Waals surface area contributed by atoms with E-state index in [1.54, 1.807) is 12.1 Å². The predicted octanol–water partition coefficient (Wildman–Crippen LogP) is 3.89. The van der Waals surface area contributed by atoms with Gasteiger partial charge in [-0.1, -0.05) is 54.6 Å². The second-order valence-corrected chi connectivity index (χ2v) is 5.55. The molecule has 0 fully saturated rings. The molecule has 0 aliphatic heterocycles. The van der Waals surface area contributed by atoms with Gasteiger partial charge >= 0.3 is 5.97 Å². The molecule has 3 heteroatoms.